The number of nitrogens with one attached hydrogen (secondary N) is 1. The molecule has 0 bridgehead atoms. The summed E-state index contributed by atoms with van der Waals surface area (Å²) in [5.41, 5.74) is 3.15. The van der Waals surface area contributed by atoms with E-state index in [2.05, 4.69) is 12.2 Å². The molecular formula is C24H24N4O2. The van der Waals surface area contributed by atoms with Crippen LogP contribution in [0.2, 0.25) is 0 Å². The van der Waals surface area contributed by atoms with Gasteiger partial charge in [-0.3, -0.25) is 4.79 Å². The van der Waals surface area contributed by atoms with Crippen LogP contribution in [0.1, 0.15) is 25.8 Å². The van der Waals surface area contributed by atoms with Crippen molar-refractivity contribution < 1.29 is 9.53 Å². The average molecular weight is 400 g/mol. The second-order valence-corrected chi connectivity index (χ2v) is 6.62. The van der Waals surface area contributed by atoms with Gasteiger partial charge >= 0.3 is 0 Å². The van der Waals surface area contributed by atoms with E-state index in [1.165, 1.54) is 0 Å². The minimum absolute atomic E-state index is 0.0358. The van der Waals surface area contributed by atoms with Gasteiger partial charge in [0.25, 0.3) is 5.91 Å². The number of rotatable bonds is 8. The van der Waals surface area contributed by atoms with Crippen LogP contribution in [0, 0.1) is 11.3 Å². The van der Waals surface area contributed by atoms with E-state index in [0.717, 1.165) is 23.4 Å². The van der Waals surface area contributed by atoms with E-state index in [4.69, 9.17) is 9.84 Å². The molecular weight excluding hydrogens is 376 g/mol. The van der Waals surface area contributed by atoms with Crippen LogP contribution in [0.3, 0.4) is 0 Å². The maximum atomic E-state index is 12.2. The van der Waals surface area contributed by atoms with E-state index in [9.17, 15) is 10.1 Å². The highest BCUT2D eigenvalue weighted by molar-refractivity contribution is 6.02. The lowest BCUT2D eigenvalue weighted by Crippen LogP contribution is -2.23. The van der Waals surface area contributed by atoms with E-state index < -0.39 is 5.91 Å². The van der Waals surface area contributed by atoms with Crippen molar-refractivity contribution >= 4 is 12.0 Å². The summed E-state index contributed by atoms with van der Waals surface area (Å²) in [6.45, 7) is 4.99. The first-order chi connectivity index (χ1) is 14.7. The Labute approximate surface area is 176 Å². The molecule has 1 amide bonds. The predicted octanol–water partition coefficient (Wildman–Crippen LogP) is 4.37. The van der Waals surface area contributed by atoms with Gasteiger partial charge < -0.3 is 10.1 Å². The Morgan fingerprint density at radius 2 is 1.90 bits per heavy atom. The van der Waals surface area contributed by atoms with E-state index in [-0.39, 0.29) is 5.57 Å². The Balaban J connectivity index is 2.05. The maximum Gasteiger partial charge on any atom is 0.261 e. The molecule has 2 aromatic carbocycles. The molecule has 30 heavy (non-hydrogen) atoms. The molecule has 3 aromatic rings. The number of hydrogen-bond donors (Lipinski definition) is 1. The third-order valence-electron chi connectivity index (χ3n) is 4.37. The smallest absolute Gasteiger partial charge is 0.261 e. The van der Waals surface area contributed by atoms with Crippen LogP contribution in [0.5, 0.6) is 5.75 Å². The SMILES string of the molecule is CCCOc1ccc(-c2nn(-c3ccccc3)cc2/C=C(/C#N)C(=O)NCC)cc1. The van der Waals surface area contributed by atoms with Crippen molar-refractivity contribution in [2.24, 2.45) is 0 Å². The summed E-state index contributed by atoms with van der Waals surface area (Å²) in [5, 5.41) is 16.9. The fraction of sp³-hybridized carbons (Fsp3) is 0.208. The van der Waals surface area contributed by atoms with Gasteiger partial charge in [-0.05, 0) is 55.8 Å². The van der Waals surface area contributed by atoms with Gasteiger partial charge in [0.15, 0.2) is 0 Å². The number of nitriles is 1. The summed E-state index contributed by atoms with van der Waals surface area (Å²) in [5.74, 6) is 0.391. The van der Waals surface area contributed by atoms with Gasteiger partial charge in [-0.25, -0.2) is 4.68 Å². The molecule has 0 fully saturated rings. The molecule has 0 radical (unpaired) electrons. The van der Waals surface area contributed by atoms with Gasteiger partial charge in [-0.2, -0.15) is 10.4 Å². The highest BCUT2D eigenvalue weighted by atomic mass is 16.5. The molecule has 6 nitrogen and oxygen atoms in total. The van der Waals surface area contributed by atoms with Gasteiger partial charge in [0, 0.05) is 23.9 Å². The minimum atomic E-state index is -0.401. The molecule has 1 heterocycles. The molecule has 0 aliphatic carbocycles. The lowest BCUT2D eigenvalue weighted by Gasteiger charge is -2.06. The topological polar surface area (TPSA) is 79.9 Å². The molecule has 0 unspecified atom stereocenters. The van der Waals surface area contributed by atoms with Crippen molar-refractivity contribution in [2.75, 3.05) is 13.2 Å². The second kappa shape index (κ2) is 10.1. The highest BCUT2D eigenvalue weighted by Crippen LogP contribution is 2.27. The van der Waals surface area contributed by atoms with Gasteiger partial charge in [0.1, 0.15) is 17.4 Å². The van der Waals surface area contributed by atoms with Gasteiger partial charge in [0.2, 0.25) is 0 Å². The average Bonchev–Trinajstić information content (AvgIpc) is 3.21. The third kappa shape index (κ3) is 4.95. The standard InChI is InChI=1S/C24H24N4O2/c1-3-14-30-22-12-10-18(11-13-22)23-20(15-19(16-25)24(29)26-4-2)17-28(27-23)21-8-6-5-7-9-21/h5-13,15,17H,3-4,14H2,1-2H3,(H,26,29)/b19-15-. The number of carbonyl (C=O) groups excluding carboxylic acids is 1. The molecule has 1 aromatic heterocycles. The number of likely N-dealkylation sites (N-methyl/N-ethyl adjacent to an activating group) is 1. The van der Waals surface area contributed by atoms with E-state index in [1.807, 2.05) is 73.8 Å². The normalized spacial score (nSPS) is 11.0. The fourth-order valence-corrected chi connectivity index (χ4v) is 2.92. The lowest BCUT2D eigenvalue weighted by atomic mass is 10.1. The van der Waals surface area contributed by atoms with E-state index in [0.29, 0.717) is 24.4 Å². The molecule has 0 atom stereocenters. The number of hydrogen-bond acceptors (Lipinski definition) is 4. The first-order valence-corrected chi connectivity index (χ1v) is 9.94. The summed E-state index contributed by atoms with van der Waals surface area (Å²) in [4.78, 5) is 12.2. The number of ether oxygens (including phenoxy) is 1. The zero-order valence-electron chi connectivity index (χ0n) is 17.1. The van der Waals surface area contributed by atoms with Gasteiger partial charge in [0.05, 0.1) is 18.0 Å². The number of aromatic nitrogens is 2. The summed E-state index contributed by atoms with van der Waals surface area (Å²) >= 11 is 0. The Kier molecular flexibility index (Phi) is 7.01. The summed E-state index contributed by atoms with van der Waals surface area (Å²) in [6.07, 6.45) is 4.34. The van der Waals surface area contributed by atoms with Crippen molar-refractivity contribution in [2.45, 2.75) is 20.3 Å². The molecule has 152 valence electrons. The van der Waals surface area contributed by atoms with Crippen molar-refractivity contribution in [1.29, 1.82) is 5.26 Å². The Hall–Kier alpha value is -3.85. The molecule has 0 saturated heterocycles. The summed E-state index contributed by atoms with van der Waals surface area (Å²) in [7, 11) is 0. The second-order valence-electron chi connectivity index (χ2n) is 6.62. The first-order valence-electron chi connectivity index (χ1n) is 9.94. The van der Waals surface area contributed by atoms with Crippen molar-refractivity contribution in [3.8, 4) is 28.8 Å². The quantitative estimate of drug-likeness (QED) is 0.450. The maximum absolute atomic E-state index is 12.2. The number of amides is 1. The molecule has 1 N–H and O–H groups in total. The van der Waals surface area contributed by atoms with Gasteiger partial charge in [-0.1, -0.05) is 25.1 Å². The van der Waals surface area contributed by atoms with Gasteiger partial charge in [-0.15, -0.1) is 0 Å². The highest BCUT2D eigenvalue weighted by Gasteiger charge is 2.15. The van der Waals surface area contributed by atoms with Crippen LogP contribution < -0.4 is 10.1 Å². The van der Waals surface area contributed by atoms with Crippen LogP contribution in [-0.2, 0) is 4.79 Å². The van der Waals surface area contributed by atoms with E-state index in [1.54, 1.807) is 10.8 Å². The van der Waals surface area contributed by atoms with Crippen molar-refractivity contribution in [3.63, 3.8) is 0 Å². The third-order valence-corrected chi connectivity index (χ3v) is 4.37. The van der Waals surface area contributed by atoms with Crippen LogP contribution in [0.4, 0.5) is 0 Å². The summed E-state index contributed by atoms with van der Waals surface area (Å²) < 4.78 is 7.40. The first kappa shape index (κ1) is 20.9. The Morgan fingerprint density at radius 1 is 1.17 bits per heavy atom. The van der Waals surface area contributed by atoms with Crippen LogP contribution in [0.15, 0.2) is 66.4 Å². The van der Waals surface area contributed by atoms with Crippen LogP contribution in [0.25, 0.3) is 23.0 Å². The molecule has 0 saturated carbocycles. The lowest BCUT2D eigenvalue weighted by molar-refractivity contribution is -0.116. The van der Waals surface area contributed by atoms with Crippen LogP contribution >= 0.6 is 0 Å². The largest absolute Gasteiger partial charge is 0.494 e. The van der Waals surface area contributed by atoms with Crippen molar-refractivity contribution in [1.82, 2.24) is 15.1 Å². The molecule has 0 aliphatic heterocycles. The fourth-order valence-electron chi connectivity index (χ4n) is 2.92. The number of para-hydroxylation sites is 1. The Morgan fingerprint density at radius 3 is 2.53 bits per heavy atom. The minimum Gasteiger partial charge on any atom is -0.494 e. The monoisotopic (exact) mass is 400 g/mol. The van der Waals surface area contributed by atoms with Crippen molar-refractivity contribution in [3.05, 3.63) is 71.9 Å². The summed E-state index contributed by atoms with van der Waals surface area (Å²) in [6, 6.07) is 19.3. The molecule has 6 heteroatoms. The van der Waals surface area contributed by atoms with Crippen LogP contribution in [-0.4, -0.2) is 28.8 Å². The molecule has 0 spiro atoms. The number of carbonyl (C=O) groups is 1. The molecule has 0 aliphatic rings. The number of nitrogens with zero attached hydrogens (tertiary/aromatic N) is 3. The predicted molar refractivity (Wildman–Crippen MR) is 117 cm³/mol. The zero-order valence-corrected chi connectivity index (χ0v) is 17.1. The molecule has 3 rings (SSSR count). The Bertz CT molecular complexity index is 1060. The van der Waals surface area contributed by atoms with E-state index >= 15 is 0 Å². The number of benzene rings is 2. The zero-order chi connectivity index (χ0) is 21.3.